The summed E-state index contributed by atoms with van der Waals surface area (Å²) in [6.07, 6.45) is 6.61. The second-order valence-corrected chi connectivity index (χ2v) is 7.46. The highest BCUT2D eigenvalue weighted by molar-refractivity contribution is 5.83. The molecule has 0 bridgehead atoms. The Labute approximate surface area is 130 Å². The largest absolute Gasteiger partial charge is 0.342 e. The second-order valence-electron chi connectivity index (χ2n) is 7.46. The molecular formula is C17H33N3O. The third kappa shape index (κ3) is 3.78. The van der Waals surface area contributed by atoms with Gasteiger partial charge in [0.15, 0.2) is 0 Å². The lowest BCUT2D eigenvalue weighted by Gasteiger charge is -2.39. The average Bonchev–Trinajstić information content (AvgIpc) is 2.97. The van der Waals surface area contributed by atoms with Crippen molar-refractivity contribution in [3.8, 4) is 0 Å². The van der Waals surface area contributed by atoms with Gasteiger partial charge in [0.2, 0.25) is 5.91 Å². The van der Waals surface area contributed by atoms with Crippen molar-refractivity contribution in [2.45, 2.75) is 58.4 Å². The van der Waals surface area contributed by atoms with Gasteiger partial charge in [0, 0.05) is 32.2 Å². The van der Waals surface area contributed by atoms with Gasteiger partial charge in [0.25, 0.3) is 0 Å². The summed E-state index contributed by atoms with van der Waals surface area (Å²) in [6, 6.07) is 0.601. The smallest absolute Gasteiger partial charge is 0.230 e. The molecule has 0 aromatic rings. The maximum atomic E-state index is 12.8. The number of amides is 1. The van der Waals surface area contributed by atoms with E-state index in [-0.39, 0.29) is 5.41 Å². The van der Waals surface area contributed by atoms with Crippen molar-refractivity contribution < 1.29 is 4.79 Å². The van der Waals surface area contributed by atoms with Crippen LogP contribution < -0.4 is 5.73 Å². The van der Waals surface area contributed by atoms with E-state index < -0.39 is 0 Å². The Morgan fingerprint density at radius 2 is 1.86 bits per heavy atom. The van der Waals surface area contributed by atoms with Crippen LogP contribution in [0.15, 0.2) is 0 Å². The molecule has 1 aliphatic heterocycles. The highest BCUT2D eigenvalue weighted by Gasteiger charge is 2.42. The molecule has 0 radical (unpaired) electrons. The van der Waals surface area contributed by atoms with E-state index in [0.29, 0.717) is 18.5 Å². The molecular weight excluding hydrogens is 262 g/mol. The van der Waals surface area contributed by atoms with Crippen molar-refractivity contribution in [3.05, 3.63) is 0 Å². The third-order valence-electron chi connectivity index (χ3n) is 5.73. The van der Waals surface area contributed by atoms with Crippen LogP contribution in [-0.4, -0.2) is 55.0 Å². The van der Waals surface area contributed by atoms with Crippen LogP contribution in [0.2, 0.25) is 0 Å². The van der Waals surface area contributed by atoms with Crippen molar-refractivity contribution in [3.63, 3.8) is 0 Å². The van der Waals surface area contributed by atoms with E-state index in [1.165, 1.54) is 12.8 Å². The molecule has 1 saturated heterocycles. The quantitative estimate of drug-likeness (QED) is 0.845. The number of likely N-dealkylation sites (tertiary alicyclic amines) is 1. The van der Waals surface area contributed by atoms with Crippen LogP contribution in [-0.2, 0) is 4.79 Å². The molecule has 0 unspecified atom stereocenters. The number of nitrogens with two attached hydrogens (primary N) is 1. The van der Waals surface area contributed by atoms with Gasteiger partial charge in [-0.1, -0.05) is 12.8 Å². The maximum Gasteiger partial charge on any atom is 0.230 e. The van der Waals surface area contributed by atoms with Crippen molar-refractivity contribution in [1.82, 2.24) is 9.80 Å². The molecule has 122 valence electrons. The van der Waals surface area contributed by atoms with Gasteiger partial charge >= 0.3 is 0 Å². The Balaban J connectivity index is 1.84. The minimum absolute atomic E-state index is 0.221. The average molecular weight is 295 g/mol. The van der Waals surface area contributed by atoms with Gasteiger partial charge in [-0.25, -0.2) is 0 Å². The minimum Gasteiger partial charge on any atom is -0.342 e. The van der Waals surface area contributed by atoms with E-state index in [2.05, 4.69) is 30.7 Å². The van der Waals surface area contributed by atoms with Gasteiger partial charge in [-0.15, -0.1) is 0 Å². The van der Waals surface area contributed by atoms with E-state index >= 15 is 0 Å². The lowest BCUT2D eigenvalue weighted by atomic mass is 9.83. The SMILES string of the molecule is CC(C)N(C)CC1CCN(C(=O)C2(CN)CCCC2)CC1. The Morgan fingerprint density at radius 1 is 1.29 bits per heavy atom. The number of piperidine rings is 1. The summed E-state index contributed by atoms with van der Waals surface area (Å²) in [5.74, 6) is 1.08. The summed E-state index contributed by atoms with van der Waals surface area (Å²) in [6.45, 7) is 8.02. The van der Waals surface area contributed by atoms with Crippen LogP contribution in [0.4, 0.5) is 0 Å². The molecule has 2 fully saturated rings. The molecule has 0 aromatic heterocycles. The van der Waals surface area contributed by atoms with Gasteiger partial charge in [-0.3, -0.25) is 4.79 Å². The van der Waals surface area contributed by atoms with E-state index in [1.54, 1.807) is 0 Å². The normalized spacial score (nSPS) is 23.2. The van der Waals surface area contributed by atoms with Crippen LogP contribution in [0.5, 0.6) is 0 Å². The fourth-order valence-corrected chi connectivity index (χ4v) is 3.83. The van der Waals surface area contributed by atoms with Gasteiger partial charge < -0.3 is 15.5 Å². The van der Waals surface area contributed by atoms with Crippen LogP contribution in [0.3, 0.4) is 0 Å². The lowest BCUT2D eigenvalue weighted by molar-refractivity contribution is -0.143. The fourth-order valence-electron chi connectivity index (χ4n) is 3.83. The van der Waals surface area contributed by atoms with Gasteiger partial charge in [0.05, 0.1) is 5.41 Å². The Hall–Kier alpha value is -0.610. The third-order valence-corrected chi connectivity index (χ3v) is 5.73. The van der Waals surface area contributed by atoms with Crippen molar-refractivity contribution >= 4 is 5.91 Å². The summed E-state index contributed by atoms with van der Waals surface area (Å²) in [7, 11) is 2.20. The van der Waals surface area contributed by atoms with E-state index in [9.17, 15) is 4.79 Å². The molecule has 1 amide bonds. The summed E-state index contributed by atoms with van der Waals surface area (Å²) in [5.41, 5.74) is 5.73. The molecule has 2 N–H and O–H groups in total. The first-order chi connectivity index (χ1) is 9.98. The van der Waals surface area contributed by atoms with E-state index in [1.807, 2.05) is 0 Å². The lowest BCUT2D eigenvalue weighted by Crippen LogP contribution is -2.50. The molecule has 0 aromatic carbocycles. The molecule has 1 aliphatic carbocycles. The van der Waals surface area contributed by atoms with E-state index in [4.69, 9.17) is 5.73 Å². The fraction of sp³-hybridized carbons (Fsp3) is 0.941. The van der Waals surface area contributed by atoms with Crippen molar-refractivity contribution in [2.24, 2.45) is 17.1 Å². The number of hydrogen-bond acceptors (Lipinski definition) is 3. The summed E-state index contributed by atoms with van der Waals surface area (Å²) in [4.78, 5) is 17.3. The molecule has 1 saturated carbocycles. The maximum absolute atomic E-state index is 12.8. The summed E-state index contributed by atoms with van der Waals surface area (Å²) < 4.78 is 0. The van der Waals surface area contributed by atoms with Crippen molar-refractivity contribution in [2.75, 3.05) is 33.2 Å². The second kappa shape index (κ2) is 7.10. The van der Waals surface area contributed by atoms with Crippen LogP contribution in [0.25, 0.3) is 0 Å². The van der Waals surface area contributed by atoms with Gasteiger partial charge in [-0.05, 0) is 52.5 Å². The highest BCUT2D eigenvalue weighted by atomic mass is 16.2. The van der Waals surface area contributed by atoms with Crippen LogP contribution >= 0.6 is 0 Å². The predicted octanol–water partition coefficient (Wildman–Crippen LogP) is 2.08. The van der Waals surface area contributed by atoms with Crippen molar-refractivity contribution in [1.29, 1.82) is 0 Å². The molecule has 0 atom stereocenters. The van der Waals surface area contributed by atoms with Gasteiger partial charge in [-0.2, -0.15) is 0 Å². The van der Waals surface area contributed by atoms with Gasteiger partial charge in [0.1, 0.15) is 0 Å². The number of hydrogen-bond donors (Lipinski definition) is 1. The topological polar surface area (TPSA) is 49.6 Å². The zero-order chi connectivity index (χ0) is 15.5. The molecule has 21 heavy (non-hydrogen) atoms. The van der Waals surface area contributed by atoms with E-state index in [0.717, 1.165) is 51.2 Å². The monoisotopic (exact) mass is 295 g/mol. The van der Waals surface area contributed by atoms with Crippen LogP contribution in [0, 0.1) is 11.3 Å². The predicted molar refractivity (Wildman–Crippen MR) is 87.0 cm³/mol. The van der Waals surface area contributed by atoms with Crippen LogP contribution in [0.1, 0.15) is 52.4 Å². The number of carbonyl (C=O) groups is 1. The molecule has 4 heteroatoms. The first kappa shape index (κ1) is 16.8. The number of rotatable bonds is 5. The molecule has 2 aliphatic rings. The summed E-state index contributed by atoms with van der Waals surface area (Å²) in [5, 5.41) is 0. The Kier molecular flexibility index (Phi) is 5.67. The minimum atomic E-state index is -0.221. The Morgan fingerprint density at radius 3 is 2.33 bits per heavy atom. The first-order valence-electron chi connectivity index (χ1n) is 8.68. The zero-order valence-electron chi connectivity index (χ0n) is 14.1. The molecule has 0 spiro atoms. The number of carbonyl (C=O) groups excluding carboxylic acids is 1. The molecule has 2 rings (SSSR count). The number of nitrogens with zero attached hydrogens (tertiary/aromatic N) is 2. The standard InChI is InChI=1S/C17H33N3O/c1-14(2)19(3)12-15-6-10-20(11-7-15)16(21)17(13-18)8-4-5-9-17/h14-15H,4-13,18H2,1-3H3. The molecule has 1 heterocycles. The summed E-state index contributed by atoms with van der Waals surface area (Å²) >= 11 is 0. The molecule has 4 nitrogen and oxygen atoms in total. The first-order valence-corrected chi connectivity index (χ1v) is 8.68. The zero-order valence-corrected chi connectivity index (χ0v) is 14.1. The Bertz CT molecular complexity index is 342. The highest BCUT2D eigenvalue weighted by Crippen LogP contribution is 2.39.